The first-order chi connectivity index (χ1) is 14.0. The highest BCUT2D eigenvalue weighted by atomic mass is 16.5. The molecule has 0 aliphatic carbocycles. The number of benzene rings is 2. The molecule has 0 aliphatic rings. The molecule has 0 saturated carbocycles. The fraction of sp³-hybridized carbons (Fsp3) is 0.286. The molecular formula is C21H24N2O6. The van der Waals surface area contributed by atoms with Crippen molar-refractivity contribution in [3.63, 3.8) is 0 Å². The first-order valence-electron chi connectivity index (χ1n) is 9.21. The van der Waals surface area contributed by atoms with E-state index >= 15 is 0 Å². The van der Waals surface area contributed by atoms with E-state index in [0.717, 1.165) is 6.42 Å². The molecule has 2 N–H and O–H groups in total. The van der Waals surface area contributed by atoms with E-state index in [1.54, 1.807) is 31.2 Å². The summed E-state index contributed by atoms with van der Waals surface area (Å²) in [6.07, 6.45) is 0.921. The molecule has 0 heterocycles. The Balaban J connectivity index is 1.67. The van der Waals surface area contributed by atoms with Crippen molar-refractivity contribution in [3.05, 3.63) is 59.7 Å². The van der Waals surface area contributed by atoms with Gasteiger partial charge in [0.15, 0.2) is 13.2 Å². The second-order valence-electron chi connectivity index (χ2n) is 5.92. The van der Waals surface area contributed by atoms with Gasteiger partial charge in [0.25, 0.3) is 11.8 Å². The predicted molar refractivity (Wildman–Crippen MR) is 105 cm³/mol. The van der Waals surface area contributed by atoms with Gasteiger partial charge in [-0.05, 0) is 55.3 Å². The van der Waals surface area contributed by atoms with Crippen LogP contribution < -0.4 is 20.3 Å². The third-order valence-electron chi connectivity index (χ3n) is 3.78. The Morgan fingerprint density at radius 1 is 0.759 bits per heavy atom. The molecule has 8 heteroatoms. The van der Waals surface area contributed by atoms with Crippen LogP contribution in [0.3, 0.4) is 0 Å². The number of hydrazine groups is 1. The lowest BCUT2D eigenvalue weighted by atomic mass is 10.2. The summed E-state index contributed by atoms with van der Waals surface area (Å²) in [7, 11) is 0. The molecule has 0 saturated heterocycles. The van der Waals surface area contributed by atoms with E-state index in [2.05, 4.69) is 10.9 Å². The van der Waals surface area contributed by atoms with E-state index in [1.165, 1.54) is 17.7 Å². The maximum atomic E-state index is 11.8. The maximum Gasteiger partial charge on any atom is 0.338 e. The summed E-state index contributed by atoms with van der Waals surface area (Å²) in [5.74, 6) is -0.503. The molecule has 2 aromatic carbocycles. The number of esters is 1. The first kappa shape index (κ1) is 21.7. The molecule has 0 fully saturated rings. The van der Waals surface area contributed by atoms with Crippen LogP contribution >= 0.6 is 0 Å². The molecule has 0 aromatic heterocycles. The largest absolute Gasteiger partial charge is 0.484 e. The summed E-state index contributed by atoms with van der Waals surface area (Å²) in [4.78, 5) is 35.1. The number of aryl methyl sites for hydroxylation is 1. The lowest BCUT2D eigenvalue weighted by Gasteiger charge is -2.10. The van der Waals surface area contributed by atoms with Crippen molar-refractivity contribution < 1.29 is 28.6 Å². The molecule has 0 atom stereocenters. The van der Waals surface area contributed by atoms with Crippen molar-refractivity contribution in [2.45, 2.75) is 20.3 Å². The lowest BCUT2D eigenvalue weighted by Crippen LogP contribution is -2.45. The van der Waals surface area contributed by atoms with Gasteiger partial charge in [-0.3, -0.25) is 20.4 Å². The molecule has 2 aromatic rings. The predicted octanol–water partition coefficient (Wildman–Crippen LogP) is 2.03. The number of hydrogen-bond acceptors (Lipinski definition) is 6. The summed E-state index contributed by atoms with van der Waals surface area (Å²) in [5.41, 5.74) is 6.04. The minimum atomic E-state index is -0.542. The normalized spacial score (nSPS) is 10.0. The SMILES string of the molecule is CCOC(=O)c1ccc(OCC(=O)NNC(=O)COc2ccc(CC)cc2)cc1. The minimum Gasteiger partial charge on any atom is -0.484 e. The fourth-order valence-corrected chi connectivity index (χ4v) is 2.23. The number of amides is 2. The summed E-state index contributed by atoms with van der Waals surface area (Å²) >= 11 is 0. The van der Waals surface area contributed by atoms with Crippen LogP contribution in [0, 0.1) is 0 Å². The highest BCUT2D eigenvalue weighted by molar-refractivity contribution is 5.89. The molecule has 29 heavy (non-hydrogen) atoms. The van der Waals surface area contributed by atoms with Gasteiger partial charge in [0.1, 0.15) is 11.5 Å². The highest BCUT2D eigenvalue weighted by Crippen LogP contribution is 2.13. The van der Waals surface area contributed by atoms with Gasteiger partial charge in [-0.15, -0.1) is 0 Å². The third-order valence-corrected chi connectivity index (χ3v) is 3.78. The smallest absolute Gasteiger partial charge is 0.338 e. The summed E-state index contributed by atoms with van der Waals surface area (Å²) in [6, 6.07) is 13.6. The lowest BCUT2D eigenvalue weighted by molar-refractivity contribution is -0.131. The number of nitrogens with one attached hydrogen (secondary N) is 2. The van der Waals surface area contributed by atoms with E-state index in [0.29, 0.717) is 23.7 Å². The van der Waals surface area contributed by atoms with E-state index in [4.69, 9.17) is 14.2 Å². The van der Waals surface area contributed by atoms with E-state index in [1.807, 2.05) is 19.1 Å². The van der Waals surface area contributed by atoms with Gasteiger partial charge in [0.2, 0.25) is 0 Å². The molecule has 0 aliphatic heterocycles. The number of hydrogen-bond donors (Lipinski definition) is 2. The zero-order valence-electron chi connectivity index (χ0n) is 16.4. The van der Waals surface area contributed by atoms with Gasteiger partial charge in [-0.1, -0.05) is 19.1 Å². The van der Waals surface area contributed by atoms with Crippen molar-refractivity contribution in [3.8, 4) is 11.5 Å². The third kappa shape index (κ3) is 7.53. The molecule has 0 radical (unpaired) electrons. The Morgan fingerprint density at radius 3 is 1.69 bits per heavy atom. The molecule has 0 spiro atoms. The summed E-state index contributed by atoms with van der Waals surface area (Å²) < 4.78 is 15.5. The first-order valence-corrected chi connectivity index (χ1v) is 9.21. The summed E-state index contributed by atoms with van der Waals surface area (Å²) in [6.45, 7) is 3.52. The second-order valence-corrected chi connectivity index (χ2v) is 5.92. The van der Waals surface area contributed by atoms with Gasteiger partial charge < -0.3 is 14.2 Å². The van der Waals surface area contributed by atoms with Gasteiger partial charge in [0.05, 0.1) is 12.2 Å². The molecule has 2 amide bonds. The number of ether oxygens (including phenoxy) is 3. The van der Waals surface area contributed by atoms with Crippen molar-refractivity contribution >= 4 is 17.8 Å². The zero-order valence-corrected chi connectivity index (χ0v) is 16.4. The molecule has 0 unspecified atom stereocenters. The monoisotopic (exact) mass is 400 g/mol. The van der Waals surface area contributed by atoms with E-state index < -0.39 is 17.8 Å². The van der Waals surface area contributed by atoms with Crippen molar-refractivity contribution in [1.82, 2.24) is 10.9 Å². The summed E-state index contributed by atoms with van der Waals surface area (Å²) in [5, 5.41) is 0. The van der Waals surface area contributed by atoms with Gasteiger partial charge in [0, 0.05) is 0 Å². The topological polar surface area (TPSA) is 103 Å². The van der Waals surface area contributed by atoms with Crippen LogP contribution in [0.5, 0.6) is 11.5 Å². The fourth-order valence-electron chi connectivity index (χ4n) is 2.23. The number of rotatable bonds is 9. The zero-order chi connectivity index (χ0) is 21.1. The molecular weight excluding hydrogens is 376 g/mol. The van der Waals surface area contributed by atoms with Gasteiger partial charge in [-0.25, -0.2) is 4.79 Å². The number of carbonyl (C=O) groups excluding carboxylic acids is 3. The van der Waals surface area contributed by atoms with Gasteiger partial charge >= 0.3 is 5.97 Å². The Bertz CT molecular complexity index is 818. The molecule has 2 rings (SSSR count). The van der Waals surface area contributed by atoms with E-state index in [-0.39, 0.29) is 13.2 Å². The van der Waals surface area contributed by atoms with Crippen LogP contribution in [-0.2, 0) is 20.7 Å². The van der Waals surface area contributed by atoms with Crippen LogP contribution in [0.4, 0.5) is 0 Å². The Kier molecular flexibility index (Phi) is 8.50. The van der Waals surface area contributed by atoms with Crippen LogP contribution in [-0.4, -0.2) is 37.6 Å². The second kappa shape index (κ2) is 11.3. The molecule has 154 valence electrons. The van der Waals surface area contributed by atoms with Crippen LogP contribution in [0.1, 0.15) is 29.8 Å². The molecule has 8 nitrogen and oxygen atoms in total. The Morgan fingerprint density at radius 2 is 1.24 bits per heavy atom. The van der Waals surface area contributed by atoms with Crippen molar-refractivity contribution in [2.75, 3.05) is 19.8 Å². The standard InChI is InChI=1S/C21H24N2O6/c1-3-15-5-9-17(10-6-15)28-13-19(24)22-23-20(25)14-29-18-11-7-16(8-12-18)21(26)27-4-2/h5-12H,3-4,13-14H2,1-2H3,(H,22,24)(H,23,25). The molecule has 0 bridgehead atoms. The minimum absolute atomic E-state index is 0.234. The average Bonchev–Trinajstić information content (AvgIpc) is 2.75. The highest BCUT2D eigenvalue weighted by Gasteiger charge is 2.09. The average molecular weight is 400 g/mol. The maximum absolute atomic E-state index is 11.8. The van der Waals surface area contributed by atoms with E-state index in [9.17, 15) is 14.4 Å². The van der Waals surface area contributed by atoms with Gasteiger partial charge in [-0.2, -0.15) is 0 Å². The van der Waals surface area contributed by atoms with Crippen molar-refractivity contribution in [1.29, 1.82) is 0 Å². The van der Waals surface area contributed by atoms with Crippen molar-refractivity contribution in [2.24, 2.45) is 0 Å². The van der Waals surface area contributed by atoms with Crippen LogP contribution in [0.2, 0.25) is 0 Å². The Labute approximate surface area is 169 Å². The quantitative estimate of drug-likeness (QED) is 0.493. The van der Waals surface area contributed by atoms with Crippen LogP contribution in [0.15, 0.2) is 48.5 Å². The number of carbonyl (C=O) groups is 3. The Hall–Kier alpha value is -3.55. The van der Waals surface area contributed by atoms with Crippen LogP contribution in [0.25, 0.3) is 0 Å².